The first kappa shape index (κ1) is 19.7. The number of fused-ring (bicyclic) bond motifs is 1. The van der Waals surface area contributed by atoms with Crippen LogP contribution in [0, 0.1) is 13.8 Å². The zero-order chi connectivity index (χ0) is 20.9. The first-order valence-corrected chi connectivity index (χ1v) is 10.1. The average molecular weight is 399 g/mol. The Hall–Kier alpha value is -3.60. The monoisotopic (exact) mass is 399 g/mol. The fraction of sp³-hybridized carbons (Fsp3) is 0.200. The molecule has 0 saturated heterocycles. The number of nitrogens with zero attached hydrogens (tertiary/aromatic N) is 2. The smallest absolute Gasteiger partial charge is 0.251 e. The van der Waals surface area contributed by atoms with Crippen LogP contribution < -0.4 is 10.1 Å². The molecule has 0 aliphatic heterocycles. The lowest BCUT2D eigenvalue weighted by molar-refractivity contribution is 0.0953. The molecule has 0 aliphatic carbocycles. The molecule has 5 nitrogen and oxygen atoms in total. The van der Waals surface area contributed by atoms with Crippen LogP contribution in [-0.4, -0.2) is 21.8 Å². The van der Waals surface area contributed by atoms with E-state index in [9.17, 15) is 4.79 Å². The summed E-state index contributed by atoms with van der Waals surface area (Å²) >= 11 is 0. The van der Waals surface area contributed by atoms with E-state index in [0.29, 0.717) is 24.5 Å². The van der Waals surface area contributed by atoms with Crippen LogP contribution in [0.2, 0.25) is 0 Å². The van der Waals surface area contributed by atoms with E-state index in [4.69, 9.17) is 4.74 Å². The molecule has 2 heterocycles. The van der Waals surface area contributed by atoms with Crippen molar-refractivity contribution in [2.45, 2.75) is 26.9 Å². The number of imidazole rings is 1. The molecule has 0 aliphatic rings. The molecule has 0 bridgehead atoms. The lowest BCUT2D eigenvalue weighted by atomic mass is 10.1. The summed E-state index contributed by atoms with van der Waals surface area (Å²) in [6.07, 6.45) is 4.74. The Bertz CT molecular complexity index is 1180. The summed E-state index contributed by atoms with van der Waals surface area (Å²) in [5.74, 6) is 0.549. The van der Waals surface area contributed by atoms with Crippen molar-refractivity contribution in [3.8, 4) is 5.75 Å². The molecule has 0 spiro atoms. The van der Waals surface area contributed by atoms with Gasteiger partial charge in [0.05, 0.1) is 5.69 Å². The molecule has 0 fully saturated rings. The third-order valence-electron chi connectivity index (χ3n) is 5.15. The number of hydrogen-bond donors (Lipinski definition) is 1. The molecule has 0 radical (unpaired) electrons. The minimum atomic E-state index is -0.0996. The highest BCUT2D eigenvalue weighted by atomic mass is 16.5. The first-order chi connectivity index (χ1) is 14.6. The van der Waals surface area contributed by atoms with Gasteiger partial charge in [0.1, 0.15) is 18.0 Å². The van der Waals surface area contributed by atoms with E-state index in [0.717, 1.165) is 23.3 Å². The number of aryl methyl sites for hydroxylation is 2. The van der Waals surface area contributed by atoms with Gasteiger partial charge in [-0.15, -0.1) is 0 Å². The zero-order valence-electron chi connectivity index (χ0n) is 17.3. The summed E-state index contributed by atoms with van der Waals surface area (Å²) in [6.45, 7) is 5.06. The van der Waals surface area contributed by atoms with E-state index in [1.54, 1.807) is 12.1 Å². The molecular weight excluding hydrogens is 374 g/mol. The largest absolute Gasteiger partial charge is 0.487 e. The maximum absolute atomic E-state index is 12.5. The number of nitrogens with one attached hydrogen (secondary N) is 1. The van der Waals surface area contributed by atoms with Gasteiger partial charge in [0.2, 0.25) is 0 Å². The van der Waals surface area contributed by atoms with Gasteiger partial charge in [0.15, 0.2) is 0 Å². The minimum absolute atomic E-state index is 0.0996. The number of carbonyl (C=O) groups is 1. The maximum atomic E-state index is 12.5. The number of pyridine rings is 1. The van der Waals surface area contributed by atoms with Gasteiger partial charge in [-0.2, -0.15) is 0 Å². The number of benzene rings is 2. The maximum Gasteiger partial charge on any atom is 0.251 e. The standard InChI is InChI=1S/C25H25N3O2/c1-18-7-3-4-9-20(18)12-13-26-25(29)21-10-5-11-23(15-21)30-17-22-16-28-14-6-8-19(2)24(28)27-22/h3-11,14-16H,12-13,17H2,1-2H3,(H,26,29). The number of aromatic nitrogens is 2. The van der Waals surface area contributed by atoms with Gasteiger partial charge < -0.3 is 14.5 Å². The highest BCUT2D eigenvalue weighted by Crippen LogP contribution is 2.16. The van der Waals surface area contributed by atoms with Gasteiger partial charge in [0, 0.05) is 24.5 Å². The molecule has 1 amide bonds. The molecule has 2 aromatic heterocycles. The molecule has 0 unspecified atom stereocenters. The zero-order valence-corrected chi connectivity index (χ0v) is 17.3. The summed E-state index contributed by atoms with van der Waals surface area (Å²) in [5, 5.41) is 2.99. The second-order valence-electron chi connectivity index (χ2n) is 7.40. The fourth-order valence-corrected chi connectivity index (χ4v) is 3.46. The number of ether oxygens (including phenoxy) is 1. The normalized spacial score (nSPS) is 10.9. The van der Waals surface area contributed by atoms with Crippen LogP contribution in [0.4, 0.5) is 0 Å². The van der Waals surface area contributed by atoms with E-state index in [-0.39, 0.29) is 5.91 Å². The summed E-state index contributed by atoms with van der Waals surface area (Å²) < 4.78 is 7.88. The van der Waals surface area contributed by atoms with Crippen molar-refractivity contribution in [2.24, 2.45) is 0 Å². The fourth-order valence-electron chi connectivity index (χ4n) is 3.46. The summed E-state index contributed by atoms with van der Waals surface area (Å²) in [4.78, 5) is 17.1. The molecule has 152 valence electrons. The minimum Gasteiger partial charge on any atom is -0.487 e. The van der Waals surface area contributed by atoms with Crippen molar-refractivity contribution in [3.05, 3.63) is 101 Å². The molecule has 4 aromatic rings. The lowest BCUT2D eigenvalue weighted by Gasteiger charge is -2.09. The van der Waals surface area contributed by atoms with E-state index in [1.807, 2.05) is 60.1 Å². The van der Waals surface area contributed by atoms with E-state index < -0.39 is 0 Å². The van der Waals surface area contributed by atoms with Crippen molar-refractivity contribution in [1.82, 2.24) is 14.7 Å². The number of carbonyl (C=O) groups excluding carboxylic acids is 1. The van der Waals surface area contributed by atoms with Crippen molar-refractivity contribution in [1.29, 1.82) is 0 Å². The molecule has 0 saturated carbocycles. The summed E-state index contributed by atoms with van der Waals surface area (Å²) in [6, 6.07) is 19.5. The van der Waals surface area contributed by atoms with Crippen molar-refractivity contribution in [2.75, 3.05) is 6.54 Å². The van der Waals surface area contributed by atoms with E-state index in [2.05, 4.69) is 29.4 Å². The molecular formula is C25H25N3O2. The highest BCUT2D eigenvalue weighted by Gasteiger charge is 2.08. The number of hydrogen-bond acceptors (Lipinski definition) is 3. The Labute approximate surface area is 176 Å². The second-order valence-corrected chi connectivity index (χ2v) is 7.40. The van der Waals surface area contributed by atoms with Crippen LogP contribution in [-0.2, 0) is 13.0 Å². The van der Waals surface area contributed by atoms with Crippen LogP contribution in [0.15, 0.2) is 73.1 Å². The van der Waals surface area contributed by atoms with Crippen molar-refractivity contribution < 1.29 is 9.53 Å². The van der Waals surface area contributed by atoms with E-state index >= 15 is 0 Å². The Morgan fingerprint density at radius 3 is 2.70 bits per heavy atom. The molecule has 30 heavy (non-hydrogen) atoms. The van der Waals surface area contributed by atoms with Gasteiger partial charge >= 0.3 is 0 Å². The molecule has 5 heteroatoms. The quantitative estimate of drug-likeness (QED) is 0.498. The van der Waals surface area contributed by atoms with Crippen LogP contribution in [0.25, 0.3) is 5.65 Å². The van der Waals surface area contributed by atoms with Crippen LogP contribution in [0.1, 0.15) is 32.7 Å². The Balaban J connectivity index is 1.35. The van der Waals surface area contributed by atoms with Gasteiger partial charge in [-0.1, -0.05) is 36.4 Å². The lowest BCUT2D eigenvalue weighted by Crippen LogP contribution is -2.25. The summed E-state index contributed by atoms with van der Waals surface area (Å²) in [7, 11) is 0. The van der Waals surface area contributed by atoms with Gasteiger partial charge in [0.25, 0.3) is 5.91 Å². The number of amides is 1. The Morgan fingerprint density at radius 2 is 1.87 bits per heavy atom. The highest BCUT2D eigenvalue weighted by molar-refractivity contribution is 5.94. The van der Waals surface area contributed by atoms with Crippen LogP contribution in [0.5, 0.6) is 5.75 Å². The second kappa shape index (κ2) is 8.82. The van der Waals surface area contributed by atoms with E-state index in [1.165, 1.54) is 11.1 Å². The third kappa shape index (κ3) is 4.51. The Morgan fingerprint density at radius 1 is 1.03 bits per heavy atom. The summed E-state index contributed by atoms with van der Waals surface area (Å²) in [5.41, 5.74) is 5.97. The van der Waals surface area contributed by atoms with Gasteiger partial charge in [-0.25, -0.2) is 4.98 Å². The van der Waals surface area contributed by atoms with Gasteiger partial charge in [-0.3, -0.25) is 4.79 Å². The molecule has 4 rings (SSSR count). The van der Waals surface area contributed by atoms with Crippen molar-refractivity contribution in [3.63, 3.8) is 0 Å². The predicted octanol–water partition coefficient (Wildman–Crippen LogP) is 4.50. The molecule has 2 aromatic carbocycles. The topological polar surface area (TPSA) is 55.6 Å². The SMILES string of the molecule is Cc1ccccc1CCNC(=O)c1cccc(OCc2cn3cccc(C)c3n2)c1. The Kier molecular flexibility index (Phi) is 5.80. The van der Waals surface area contributed by atoms with Crippen molar-refractivity contribution >= 4 is 11.6 Å². The van der Waals surface area contributed by atoms with Crippen LogP contribution in [0.3, 0.4) is 0 Å². The number of rotatable bonds is 7. The first-order valence-electron chi connectivity index (χ1n) is 10.1. The molecule has 0 atom stereocenters. The van der Waals surface area contributed by atoms with Gasteiger partial charge in [-0.05, 0) is 61.2 Å². The average Bonchev–Trinajstić information content (AvgIpc) is 3.18. The third-order valence-corrected chi connectivity index (χ3v) is 5.15. The van der Waals surface area contributed by atoms with Crippen LogP contribution >= 0.6 is 0 Å². The molecule has 1 N–H and O–H groups in total. The predicted molar refractivity (Wildman–Crippen MR) is 118 cm³/mol.